The van der Waals surface area contributed by atoms with E-state index < -0.39 is 5.91 Å². The molecule has 3 rings (SSSR count). The van der Waals surface area contributed by atoms with Crippen LogP contribution >= 0.6 is 0 Å². The van der Waals surface area contributed by atoms with Crippen LogP contribution in [0.3, 0.4) is 0 Å². The third kappa shape index (κ3) is 6.12. The summed E-state index contributed by atoms with van der Waals surface area (Å²) >= 11 is 1.11. The van der Waals surface area contributed by atoms with Crippen molar-refractivity contribution in [2.24, 2.45) is 11.7 Å². The molecule has 3 unspecified atom stereocenters. The van der Waals surface area contributed by atoms with Crippen LogP contribution in [0, 0.1) is 5.92 Å². The Morgan fingerprint density at radius 2 is 1.90 bits per heavy atom. The van der Waals surface area contributed by atoms with Gasteiger partial charge in [0.25, 0.3) is 0 Å². The van der Waals surface area contributed by atoms with Crippen molar-refractivity contribution in [2.45, 2.75) is 26.3 Å². The number of hydrogen-bond donors (Lipinski definition) is 3. The number of rotatable bonds is 9. The molecule has 31 heavy (non-hydrogen) atoms. The number of carbonyl (C=O) groups excluding carboxylic acids is 2. The standard InChI is InChI=1S/C22H25AsN6O2/c1-13(19(23)30)9-14(2)27-22-26-12-18(20(24)31)21(29-22)28-17-7-3-5-15(10-17)16-6-4-8-25-11-16/h3-8,10-14H,9,23H2,1-2H3,(H2,24,31)(H2,26,27,28,29). The third-order valence-corrected chi connectivity index (χ3v) is 5.94. The van der Waals surface area contributed by atoms with Crippen molar-refractivity contribution in [3.63, 3.8) is 0 Å². The molecular weight excluding hydrogens is 455 g/mol. The molecule has 3 aromatic rings. The van der Waals surface area contributed by atoms with E-state index in [1.807, 2.05) is 50.2 Å². The van der Waals surface area contributed by atoms with E-state index in [4.69, 9.17) is 5.73 Å². The summed E-state index contributed by atoms with van der Waals surface area (Å²) in [4.78, 5) is 36.2. The Morgan fingerprint density at radius 1 is 1.13 bits per heavy atom. The molecule has 0 aliphatic heterocycles. The molecule has 0 aliphatic carbocycles. The van der Waals surface area contributed by atoms with Gasteiger partial charge in [0.05, 0.1) is 0 Å². The molecule has 2 heterocycles. The zero-order valence-corrected chi connectivity index (χ0v) is 19.8. The molecule has 4 N–H and O–H groups in total. The zero-order valence-electron chi connectivity index (χ0n) is 17.4. The van der Waals surface area contributed by atoms with Gasteiger partial charge >= 0.3 is 148 Å². The Bertz CT molecular complexity index is 1080. The van der Waals surface area contributed by atoms with Gasteiger partial charge in [0, 0.05) is 18.0 Å². The van der Waals surface area contributed by atoms with Gasteiger partial charge in [0.2, 0.25) is 0 Å². The van der Waals surface area contributed by atoms with Crippen molar-refractivity contribution < 1.29 is 9.59 Å². The van der Waals surface area contributed by atoms with E-state index in [-0.39, 0.29) is 22.1 Å². The van der Waals surface area contributed by atoms with Gasteiger partial charge in [-0.25, -0.2) is 0 Å². The minimum absolute atomic E-state index is 0.0177. The molecule has 9 heteroatoms. The molecule has 0 fully saturated rings. The third-order valence-electron chi connectivity index (χ3n) is 4.74. The van der Waals surface area contributed by atoms with Crippen LogP contribution < -0.4 is 16.4 Å². The number of nitrogens with two attached hydrogens (primary N) is 1. The summed E-state index contributed by atoms with van der Waals surface area (Å²) in [6, 6.07) is 11.5. The summed E-state index contributed by atoms with van der Waals surface area (Å²) in [7, 11) is 0. The predicted octanol–water partition coefficient (Wildman–Crippen LogP) is 2.37. The minimum atomic E-state index is -0.627. The summed E-state index contributed by atoms with van der Waals surface area (Å²) in [5.41, 5.74) is 8.39. The molecule has 0 saturated heterocycles. The summed E-state index contributed by atoms with van der Waals surface area (Å²) in [5.74, 6) is -0.00804. The van der Waals surface area contributed by atoms with Gasteiger partial charge in [0.1, 0.15) is 0 Å². The van der Waals surface area contributed by atoms with Crippen LogP contribution in [-0.2, 0) is 4.79 Å². The van der Waals surface area contributed by atoms with Crippen molar-refractivity contribution >= 4 is 44.8 Å². The van der Waals surface area contributed by atoms with Gasteiger partial charge in [-0.05, 0) is 6.07 Å². The first-order chi connectivity index (χ1) is 14.8. The summed E-state index contributed by atoms with van der Waals surface area (Å²) in [6.45, 7) is 3.86. The summed E-state index contributed by atoms with van der Waals surface area (Å²) < 4.78 is 0.196. The van der Waals surface area contributed by atoms with Crippen molar-refractivity contribution in [3.8, 4) is 11.1 Å². The normalized spacial score (nSPS) is 12.6. The molecule has 8 nitrogen and oxygen atoms in total. The van der Waals surface area contributed by atoms with Crippen LogP contribution in [0.15, 0.2) is 55.0 Å². The van der Waals surface area contributed by atoms with Gasteiger partial charge in [-0.1, -0.05) is 12.1 Å². The molecule has 2 aromatic heterocycles. The fourth-order valence-electron chi connectivity index (χ4n) is 3.10. The van der Waals surface area contributed by atoms with E-state index in [0.29, 0.717) is 18.2 Å². The molecule has 160 valence electrons. The molecular formula is C22H25AsN6O2. The number of pyridine rings is 1. The Labute approximate surface area is 189 Å². The number of amides is 1. The maximum atomic E-state index is 11.9. The van der Waals surface area contributed by atoms with E-state index in [9.17, 15) is 9.59 Å². The Balaban J connectivity index is 1.84. The van der Waals surface area contributed by atoms with E-state index >= 15 is 0 Å². The number of nitrogens with zero attached hydrogens (tertiary/aromatic N) is 3. The van der Waals surface area contributed by atoms with Crippen LogP contribution in [0.4, 0.5) is 17.5 Å². The van der Waals surface area contributed by atoms with E-state index in [0.717, 1.165) is 33.7 Å². The molecule has 0 radical (unpaired) electrons. The van der Waals surface area contributed by atoms with Crippen LogP contribution in [0.25, 0.3) is 11.1 Å². The molecule has 3 atom stereocenters. The van der Waals surface area contributed by atoms with Crippen molar-refractivity contribution in [1.82, 2.24) is 15.0 Å². The van der Waals surface area contributed by atoms with E-state index in [2.05, 4.69) is 25.6 Å². The Morgan fingerprint density at radius 3 is 2.58 bits per heavy atom. The number of hydrogen-bond acceptors (Lipinski definition) is 7. The van der Waals surface area contributed by atoms with Crippen LogP contribution in [0.1, 0.15) is 30.6 Å². The fourth-order valence-corrected chi connectivity index (χ4v) is 3.39. The summed E-state index contributed by atoms with van der Waals surface area (Å²) in [6.07, 6.45) is 5.56. The second-order valence-corrected chi connectivity index (χ2v) is 8.55. The molecule has 0 spiro atoms. The molecule has 1 amide bonds. The SMILES string of the molecule is CC(CC(C)C(=O)[AsH2])Nc1ncc(C(N)=O)c(Nc2cccc(-c3cccnc3)c2)n1. The molecule has 0 aliphatic rings. The molecule has 1 aromatic carbocycles. The molecule has 0 saturated carbocycles. The first kappa shape index (κ1) is 22.4. The van der Waals surface area contributed by atoms with Gasteiger partial charge in [0.15, 0.2) is 0 Å². The van der Waals surface area contributed by atoms with Crippen molar-refractivity contribution in [2.75, 3.05) is 10.6 Å². The fraction of sp³-hybridized carbons (Fsp3) is 0.227. The maximum absolute atomic E-state index is 11.9. The predicted molar refractivity (Wildman–Crippen MR) is 124 cm³/mol. The number of primary amides is 1. The quantitative estimate of drug-likeness (QED) is 0.402. The molecule has 0 bridgehead atoms. The topological polar surface area (TPSA) is 123 Å². The number of carbonyl (C=O) groups is 2. The Kier molecular flexibility index (Phi) is 7.36. The van der Waals surface area contributed by atoms with Crippen molar-refractivity contribution in [1.29, 1.82) is 0 Å². The van der Waals surface area contributed by atoms with Gasteiger partial charge in [-0.15, -0.1) is 0 Å². The zero-order chi connectivity index (χ0) is 22.4. The average Bonchev–Trinajstić information content (AvgIpc) is 2.74. The van der Waals surface area contributed by atoms with Gasteiger partial charge < -0.3 is 0 Å². The number of anilines is 3. The van der Waals surface area contributed by atoms with E-state index in [1.54, 1.807) is 12.4 Å². The number of benzene rings is 1. The number of aromatic nitrogens is 3. The summed E-state index contributed by atoms with van der Waals surface area (Å²) in [5, 5.41) is 6.36. The van der Waals surface area contributed by atoms with E-state index in [1.165, 1.54) is 6.20 Å². The van der Waals surface area contributed by atoms with Crippen LogP contribution in [0.5, 0.6) is 0 Å². The van der Waals surface area contributed by atoms with Gasteiger partial charge in [-0.3, -0.25) is 4.98 Å². The monoisotopic (exact) mass is 480 g/mol. The second kappa shape index (κ2) is 10.2. The van der Waals surface area contributed by atoms with Crippen LogP contribution in [0.2, 0.25) is 0 Å². The average molecular weight is 480 g/mol. The van der Waals surface area contributed by atoms with Gasteiger partial charge in [-0.2, -0.15) is 0 Å². The van der Waals surface area contributed by atoms with Crippen molar-refractivity contribution in [3.05, 3.63) is 60.6 Å². The second-order valence-electron chi connectivity index (χ2n) is 7.35. The number of nitrogens with one attached hydrogen (secondary N) is 2. The first-order valence-corrected chi connectivity index (χ1v) is 11.0. The Hall–Kier alpha value is -3.25. The first-order valence-electron chi connectivity index (χ1n) is 9.83. The van der Waals surface area contributed by atoms with Crippen LogP contribution in [-0.4, -0.2) is 48.3 Å².